The van der Waals surface area contributed by atoms with E-state index in [-0.39, 0.29) is 0 Å². The quantitative estimate of drug-likeness (QED) is 0.731. The van der Waals surface area contributed by atoms with Gasteiger partial charge in [-0.05, 0) is 12.1 Å². The Morgan fingerprint density at radius 1 is 1.23 bits per heavy atom. The van der Waals surface area contributed by atoms with E-state index in [2.05, 4.69) is 4.99 Å². The van der Waals surface area contributed by atoms with Gasteiger partial charge in [0.2, 0.25) is 0 Å². The fourth-order valence-corrected chi connectivity index (χ4v) is 3.02. The van der Waals surface area contributed by atoms with Crippen LogP contribution in [0.2, 0.25) is 5.02 Å². The van der Waals surface area contributed by atoms with Crippen molar-refractivity contribution in [2.75, 3.05) is 11.0 Å². The first-order chi connectivity index (χ1) is 6.36. The molecule has 0 spiro atoms. The zero-order chi connectivity index (χ0) is 9.10. The fraction of sp³-hybridized carbons (Fsp3) is 0.222. The molecular formula is C9H8ClNS2. The van der Waals surface area contributed by atoms with Gasteiger partial charge in [0.25, 0.3) is 0 Å². The maximum absolute atomic E-state index is 5.80. The van der Waals surface area contributed by atoms with Gasteiger partial charge >= 0.3 is 0 Å². The second-order valence-corrected chi connectivity index (χ2v) is 5.29. The molecule has 4 heteroatoms. The van der Waals surface area contributed by atoms with Crippen LogP contribution in [0.25, 0.3) is 0 Å². The van der Waals surface area contributed by atoms with E-state index in [4.69, 9.17) is 11.6 Å². The molecule has 1 nitrogen and oxygen atoms in total. The number of benzene rings is 1. The molecule has 1 aliphatic rings. The first-order valence-electron chi connectivity index (χ1n) is 3.87. The van der Waals surface area contributed by atoms with Crippen LogP contribution in [0, 0.1) is 0 Å². The van der Waals surface area contributed by atoms with Gasteiger partial charge in [-0.1, -0.05) is 35.5 Å². The molecule has 68 valence electrons. The van der Waals surface area contributed by atoms with Crippen LogP contribution in [-0.2, 0) is 0 Å². The minimum absolute atomic E-state index is 0.777. The summed E-state index contributed by atoms with van der Waals surface area (Å²) in [4.78, 5) is 4.43. The van der Waals surface area contributed by atoms with Crippen LogP contribution in [0.4, 0.5) is 0 Å². The van der Waals surface area contributed by atoms with Gasteiger partial charge in [0, 0.05) is 15.7 Å². The molecule has 2 rings (SSSR count). The molecule has 1 heterocycles. The van der Waals surface area contributed by atoms with Crippen LogP contribution in [0.3, 0.4) is 0 Å². The van der Waals surface area contributed by atoms with Crippen LogP contribution in [0.1, 0.15) is 5.56 Å². The number of aliphatic imine (C=N–C) groups is 1. The third kappa shape index (κ3) is 2.42. The molecule has 13 heavy (non-hydrogen) atoms. The summed E-state index contributed by atoms with van der Waals surface area (Å²) >= 11 is 9.44. The van der Waals surface area contributed by atoms with Gasteiger partial charge < -0.3 is 0 Å². The van der Waals surface area contributed by atoms with Gasteiger partial charge in [0.15, 0.2) is 0 Å². The molecule has 0 saturated heterocycles. The Hall–Kier alpha value is -0.120. The SMILES string of the molecule is Clc1ccc(C2=NCSCS2)cc1. The van der Waals surface area contributed by atoms with E-state index in [1.807, 2.05) is 36.0 Å². The zero-order valence-corrected chi connectivity index (χ0v) is 9.25. The molecule has 0 aliphatic carbocycles. The van der Waals surface area contributed by atoms with Crippen LogP contribution >= 0.6 is 35.1 Å². The molecule has 0 amide bonds. The van der Waals surface area contributed by atoms with Crippen molar-refractivity contribution in [2.24, 2.45) is 4.99 Å². The Balaban J connectivity index is 2.24. The van der Waals surface area contributed by atoms with Crippen LogP contribution in [0.5, 0.6) is 0 Å². The summed E-state index contributed by atoms with van der Waals surface area (Å²) < 4.78 is 0. The Labute approximate surface area is 91.0 Å². The molecule has 0 aromatic heterocycles. The van der Waals surface area contributed by atoms with Crippen molar-refractivity contribution in [2.45, 2.75) is 0 Å². The summed E-state index contributed by atoms with van der Waals surface area (Å²) in [6, 6.07) is 7.84. The Morgan fingerprint density at radius 2 is 2.00 bits per heavy atom. The molecule has 0 saturated carbocycles. The number of hydrogen-bond acceptors (Lipinski definition) is 3. The van der Waals surface area contributed by atoms with Gasteiger partial charge in [-0.15, -0.1) is 11.8 Å². The Morgan fingerprint density at radius 3 is 2.62 bits per heavy atom. The zero-order valence-electron chi connectivity index (χ0n) is 6.87. The Kier molecular flexibility index (Phi) is 3.19. The number of nitrogens with zero attached hydrogens (tertiary/aromatic N) is 1. The molecule has 0 N–H and O–H groups in total. The van der Waals surface area contributed by atoms with Crippen LogP contribution < -0.4 is 0 Å². The molecule has 1 aromatic rings. The summed E-state index contributed by atoms with van der Waals surface area (Å²) in [6.45, 7) is 0. The highest BCUT2D eigenvalue weighted by Gasteiger charge is 2.07. The fourth-order valence-electron chi connectivity index (χ4n) is 1.05. The normalized spacial score (nSPS) is 16.8. The average Bonchev–Trinajstić information content (AvgIpc) is 2.20. The van der Waals surface area contributed by atoms with Gasteiger partial charge in [-0.3, -0.25) is 4.99 Å². The lowest BCUT2D eigenvalue weighted by Crippen LogP contribution is -2.00. The van der Waals surface area contributed by atoms with E-state index in [1.165, 1.54) is 5.56 Å². The number of rotatable bonds is 1. The highest BCUT2D eigenvalue weighted by molar-refractivity contribution is 8.25. The van der Waals surface area contributed by atoms with Crippen molar-refractivity contribution in [1.29, 1.82) is 0 Å². The average molecular weight is 230 g/mol. The molecule has 0 radical (unpaired) electrons. The van der Waals surface area contributed by atoms with E-state index < -0.39 is 0 Å². The largest absolute Gasteiger partial charge is 0.267 e. The van der Waals surface area contributed by atoms with Gasteiger partial charge in [-0.25, -0.2) is 0 Å². The minimum atomic E-state index is 0.777. The smallest absolute Gasteiger partial charge is 0.0995 e. The van der Waals surface area contributed by atoms with Crippen molar-refractivity contribution in [3.63, 3.8) is 0 Å². The summed E-state index contributed by atoms with van der Waals surface area (Å²) in [7, 11) is 0. The number of halogens is 1. The summed E-state index contributed by atoms with van der Waals surface area (Å²) in [5.41, 5.74) is 1.18. The van der Waals surface area contributed by atoms with Gasteiger partial charge in [0.1, 0.15) is 0 Å². The lowest BCUT2D eigenvalue weighted by atomic mass is 10.2. The second kappa shape index (κ2) is 4.40. The van der Waals surface area contributed by atoms with Crippen LogP contribution in [0.15, 0.2) is 29.3 Å². The monoisotopic (exact) mass is 229 g/mol. The summed E-state index contributed by atoms with van der Waals surface area (Å²) in [5.74, 6) is 0.880. The van der Waals surface area contributed by atoms with E-state index in [1.54, 1.807) is 11.8 Å². The molecule has 0 atom stereocenters. The van der Waals surface area contributed by atoms with E-state index >= 15 is 0 Å². The molecule has 0 unspecified atom stereocenters. The molecule has 1 aromatic carbocycles. The van der Waals surface area contributed by atoms with Crippen molar-refractivity contribution < 1.29 is 0 Å². The maximum atomic E-state index is 5.80. The van der Waals surface area contributed by atoms with E-state index in [0.717, 1.165) is 21.0 Å². The third-order valence-corrected chi connectivity index (χ3v) is 4.01. The van der Waals surface area contributed by atoms with Crippen molar-refractivity contribution >= 4 is 40.2 Å². The highest BCUT2D eigenvalue weighted by atomic mass is 35.5. The Bertz CT molecular complexity index is 321. The number of hydrogen-bond donors (Lipinski definition) is 0. The van der Waals surface area contributed by atoms with Gasteiger partial charge in [-0.2, -0.15) is 0 Å². The van der Waals surface area contributed by atoms with Gasteiger partial charge in [0.05, 0.1) is 10.9 Å². The molecule has 1 aliphatic heterocycles. The predicted molar refractivity (Wildman–Crippen MR) is 62.9 cm³/mol. The molecular weight excluding hydrogens is 222 g/mol. The minimum Gasteiger partial charge on any atom is -0.267 e. The van der Waals surface area contributed by atoms with Crippen molar-refractivity contribution in [1.82, 2.24) is 0 Å². The van der Waals surface area contributed by atoms with E-state index in [9.17, 15) is 0 Å². The highest BCUT2D eigenvalue weighted by Crippen LogP contribution is 2.24. The molecule has 0 bridgehead atoms. The predicted octanol–water partition coefficient (Wildman–Crippen LogP) is 3.48. The standard InChI is InChI=1S/C9H8ClNS2/c10-8-3-1-7(2-4-8)9-11-5-12-6-13-9/h1-4H,5-6H2. The summed E-state index contributed by atoms with van der Waals surface area (Å²) in [5, 5.41) is 3.01. The second-order valence-electron chi connectivity index (χ2n) is 2.57. The van der Waals surface area contributed by atoms with Crippen molar-refractivity contribution in [3.8, 4) is 0 Å². The van der Waals surface area contributed by atoms with Crippen LogP contribution in [-0.4, -0.2) is 16.0 Å². The topological polar surface area (TPSA) is 12.4 Å². The number of thioether (sulfide) groups is 2. The lowest BCUT2D eigenvalue weighted by Gasteiger charge is -2.10. The van der Waals surface area contributed by atoms with E-state index in [0.29, 0.717) is 0 Å². The third-order valence-electron chi connectivity index (χ3n) is 1.67. The summed E-state index contributed by atoms with van der Waals surface area (Å²) in [6.07, 6.45) is 0. The molecule has 0 fully saturated rings. The lowest BCUT2D eigenvalue weighted by molar-refractivity contribution is 1.38. The first kappa shape index (κ1) is 9.44. The maximum Gasteiger partial charge on any atom is 0.0995 e. The first-order valence-corrected chi connectivity index (χ1v) is 6.39. The van der Waals surface area contributed by atoms with Crippen molar-refractivity contribution in [3.05, 3.63) is 34.9 Å².